The molecule has 1 heterocycles. The van der Waals surface area contributed by atoms with E-state index < -0.39 is 0 Å². The average molecular weight is 127 g/mol. The predicted octanol–water partition coefficient (Wildman–Crippen LogP) is 1.79. The van der Waals surface area contributed by atoms with Crippen LogP contribution in [0.5, 0.6) is 0 Å². The van der Waals surface area contributed by atoms with Crippen LogP contribution in [0.4, 0.5) is 0 Å². The van der Waals surface area contributed by atoms with E-state index in [0.717, 1.165) is 5.92 Å². The fourth-order valence-electron chi connectivity index (χ4n) is 1.58. The molecule has 1 atom stereocenters. The molecular formula is C8H17N. The van der Waals surface area contributed by atoms with Crippen LogP contribution in [0.2, 0.25) is 0 Å². The van der Waals surface area contributed by atoms with Gasteiger partial charge < -0.3 is 5.32 Å². The minimum atomic E-state index is 0.990. The molecule has 0 spiro atoms. The third kappa shape index (κ3) is 2.35. The summed E-state index contributed by atoms with van der Waals surface area (Å²) in [5, 5.41) is 3.42. The van der Waals surface area contributed by atoms with Gasteiger partial charge in [0, 0.05) is 0 Å². The van der Waals surface area contributed by atoms with Gasteiger partial charge in [-0.1, -0.05) is 13.3 Å². The van der Waals surface area contributed by atoms with Crippen LogP contribution >= 0.6 is 0 Å². The van der Waals surface area contributed by atoms with E-state index in [0.29, 0.717) is 0 Å². The Labute approximate surface area is 57.8 Å². The maximum atomic E-state index is 3.42. The molecule has 0 saturated carbocycles. The lowest BCUT2D eigenvalue weighted by Crippen LogP contribution is -2.29. The molecule has 9 heavy (non-hydrogen) atoms. The molecule has 1 heteroatoms. The SMILES string of the molecule is CCCC1CCCNC1. The van der Waals surface area contributed by atoms with Crippen LogP contribution < -0.4 is 5.32 Å². The monoisotopic (exact) mass is 127 g/mol. The second-order valence-corrected chi connectivity index (χ2v) is 3.00. The summed E-state index contributed by atoms with van der Waals surface area (Å²) in [5.41, 5.74) is 0. The minimum absolute atomic E-state index is 0.990. The largest absolute Gasteiger partial charge is 0.316 e. The highest BCUT2D eigenvalue weighted by molar-refractivity contribution is 4.67. The van der Waals surface area contributed by atoms with E-state index in [-0.39, 0.29) is 0 Å². The molecular weight excluding hydrogens is 110 g/mol. The number of nitrogens with one attached hydrogen (secondary N) is 1. The van der Waals surface area contributed by atoms with Gasteiger partial charge in [0.2, 0.25) is 0 Å². The average Bonchev–Trinajstić information content (AvgIpc) is 1.91. The summed E-state index contributed by atoms with van der Waals surface area (Å²) in [7, 11) is 0. The van der Waals surface area contributed by atoms with Crippen molar-refractivity contribution in [1.29, 1.82) is 0 Å². The molecule has 0 amide bonds. The van der Waals surface area contributed by atoms with Crippen molar-refractivity contribution in [3.8, 4) is 0 Å². The first-order valence-electron chi connectivity index (χ1n) is 4.14. The van der Waals surface area contributed by atoms with Crippen molar-refractivity contribution >= 4 is 0 Å². The van der Waals surface area contributed by atoms with Gasteiger partial charge in [0.1, 0.15) is 0 Å². The highest BCUT2D eigenvalue weighted by Crippen LogP contribution is 2.14. The van der Waals surface area contributed by atoms with Gasteiger partial charge in [0.05, 0.1) is 0 Å². The van der Waals surface area contributed by atoms with Gasteiger partial charge in [-0.3, -0.25) is 0 Å². The Bertz CT molecular complexity index is 62.2. The summed E-state index contributed by atoms with van der Waals surface area (Å²) in [6.07, 6.45) is 5.63. The minimum Gasteiger partial charge on any atom is -0.316 e. The molecule has 0 aromatic heterocycles. The fraction of sp³-hybridized carbons (Fsp3) is 1.00. The number of hydrogen-bond acceptors (Lipinski definition) is 1. The summed E-state index contributed by atoms with van der Waals surface area (Å²) in [6, 6.07) is 0. The third-order valence-corrected chi connectivity index (χ3v) is 2.10. The quantitative estimate of drug-likeness (QED) is 0.596. The molecule has 1 unspecified atom stereocenters. The molecule has 0 aromatic rings. The molecule has 0 aliphatic carbocycles. The normalized spacial score (nSPS) is 28.3. The van der Waals surface area contributed by atoms with Gasteiger partial charge in [0.25, 0.3) is 0 Å². The second kappa shape index (κ2) is 3.89. The van der Waals surface area contributed by atoms with Gasteiger partial charge in [-0.05, 0) is 38.3 Å². The van der Waals surface area contributed by atoms with Crippen LogP contribution in [0.15, 0.2) is 0 Å². The summed E-state index contributed by atoms with van der Waals surface area (Å²) in [6.45, 7) is 4.79. The number of rotatable bonds is 2. The second-order valence-electron chi connectivity index (χ2n) is 3.00. The van der Waals surface area contributed by atoms with E-state index in [1.807, 2.05) is 0 Å². The van der Waals surface area contributed by atoms with Gasteiger partial charge in [-0.2, -0.15) is 0 Å². The topological polar surface area (TPSA) is 12.0 Å². The van der Waals surface area contributed by atoms with Crippen LogP contribution in [0, 0.1) is 5.92 Å². The van der Waals surface area contributed by atoms with Crippen LogP contribution in [0.1, 0.15) is 32.6 Å². The van der Waals surface area contributed by atoms with Crippen molar-refractivity contribution in [3.05, 3.63) is 0 Å². The predicted molar refractivity (Wildman–Crippen MR) is 40.5 cm³/mol. The third-order valence-electron chi connectivity index (χ3n) is 2.10. The zero-order valence-electron chi connectivity index (χ0n) is 6.32. The van der Waals surface area contributed by atoms with Crippen molar-refractivity contribution in [2.75, 3.05) is 13.1 Å². The Morgan fingerprint density at radius 2 is 2.44 bits per heavy atom. The zero-order chi connectivity index (χ0) is 6.53. The Balaban J connectivity index is 2.08. The summed E-state index contributed by atoms with van der Waals surface area (Å²) < 4.78 is 0. The standard InChI is InChI=1S/C8H17N/c1-2-4-8-5-3-6-9-7-8/h8-9H,2-7H2,1H3. The maximum Gasteiger partial charge on any atom is -0.00205 e. The van der Waals surface area contributed by atoms with Crippen LogP contribution in [-0.4, -0.2) is 13.1 Å². The highest BCUT2D eigenvalue weighted by Gasteiger charge is 2.10. The van der Waals surface area contributed by atoms with Gasteiger partial charge >= 0.3 is 0 Å². The van der Waals surface area contributed by atoms with Gasteiger partial charge in [-0.15, -0.1) is 0 Å². The van der Waals surface area contributed by atoms with Gasteiger partial charge in [0.15, 0.2) is 0 Å². The lowest BCUT2D eigenvalue weighted by atomic mass is 9.95. The van der Waals surface area contributed by atoms with Crippen LogP contribution in [0.3, 0.4) is 0 Å². The smallest absolute Gasteiger partial charge is 0.00205 e. The first-order chi connectivity index (χ1) is 4.43. The van der Waals surface area contributed by atoms with Crippen molar-refractivity contribution in [2.45, 2.75) is 32.6 Å². The Morgan fingerprint density at radius 3 is 3.00 bits per heavy atom. The highest BCUT2D eigenvalue weighted by atomic mass is 14.9. The summed E-state index contributed by atoms with van der Waals surface area (Å²) in [5.74, 6) is 0.990. The van der Waals surface area contributed by atoms with E-state index in [4.69, 9.17) is 0 Å². The Morgan fingerprint density at radius 1 is 1.56 bits per heavy atom. The number of piperidine rings is 1. The molecule has 1 saturated heterocycles. The summed E-state index contributed by atoms with van der Waals surface area (Å²) >= 11 is 0. The zero-order valence-corrected chi connectivity index (χ0v) is 6.32. The van der Waals surface area contributed by atoms with Gasteiger partial charge in [-0.25, -0.2) is 0 Å². The van der Waals surface area contributed by atoms with E-state index in [1.54, 1.807) is 0 Å². The molecule has 1 rings (SSSR count). The lowest BCUT2D eigenvalue weighted by molar-refractivity contribution is 0.355. The summed E-state index contributed by atoms with van der Waals surface area (Å²) in [4.78, 5) is 0. The molecule has 1 N–H and O–H groups in total. The molecule has 1 nitrogen and oxygen atoms in total. The molecule has 1 fully saturated rings. The van der Waals surface area contributed by atoms with Crippen molar-refractivity contribution < 1.29 is 0 Å². The first kappa shape index (κ1) is 7.07. The molecule has 0 aromatic carbocycles. The van der Waals surface area contributed by atoms with Crippen molar-refractivity contribution in [1.82, 2.24) is 5.32 Å². The lowest BCUT2D eigenvalue weighted by Gasteiger charge is -2.21. The molecule has 1 aliphatic rings. The van der Waals surface area contributed by atoms with Crippen molar-refractivity contribution in [2.24, 2.45) is 5.92 Å². The fourth-order valence-corrected chi connectivity index (χ4v) is 1.58. The van der Waals surface area contributed by atoms with Crippen molar-refractivity contribution in [3.63, 3.8) is 0 Å². The number of hydrogen-bond donors (Lipinski definition) is 1. The van der Waals surface area contributed by atoms with E-state index in [9.17, 15) is 0 Å². The first-order valence-corrected chi connectivity index (χ1v) is 4.14. The molecule has 1 aliphatic heterocycles. The molecule has 0 radical (unpaired) electrons. The Kier molecular flexibility index (Phi) is 3.05. The van der Waals surface area contributed by atoms with Crippen LogP contribution in [-0.2, 0) is 0 Å². The van der Waals surface area contributed by atoms with Crippen LogP contribution in [0.25, 0.3) is 0 Å². The van der Waals surface area contributed by atoms with E-state index >= 15 is 0 Å². The van der Waals surface area contributed by atoms with E-state index in [2.05, 4.69) is 12.2 Å². The van der Waals surface area contributed by atoms with E-state index in [1.165, 1.54) is 38.8 Å². The maximum absolute atomic E-state index is 3.42. The molecule has 0 bridgehead atoms. The Hall–Kier alpha value is -0.0400. The molecule has 54 valence electrons.